The number of hydrogen-bond acceptors (Lipinski definition) is 2. The average Bonchev–Trinajstić information content (AvgIpc) is 2.52. The van der Waals surface area contributed by atoms with Gasteiger partial charge in [0.15, 0.2) is 5.96 Å². The molecule has 0 atom stereocenters. The fourth-order valence-electron chi connectivity index (χ4n) is 1.71. The van der Waals surface area contributed by atoms with E-state index in [1.165, 1.54) is 10.5 Å². The van der Waals surface area contributed by atoms with Crippen molar-refractivity contribution in [2.75, 3.05) is 40.4 Å². The Kier molecular flexibility index (Phi) is 12.3. The minimum absolute atomic E-state index is 0. The number of hydrogen-bond donors (Lipinski definition) is 2. The molecule has 0 bridgehead atoms. The highest BCUT2D eigenvalue weighted by Crippen LogP contribution is 1.98. The second-order valence-corrected chi connectivity index (χ2v) is 5.08. The van der Waals surface area contributed by atoms with Crippen LogP contribution in [-0.4, -0.2) is 57.2 Å². The molecular weight excluding hydrogens is 410 g/mol. The number of nitrogens with zero attached hydrogens (tertiary/aromatic N) is 2. The van der Waals surface area contributed by atoms with Gasteiger partial charge in [0.1, 0.15) is 6.54 Å². The summed E-state index contributed by atoms with van der Waals surface area (Å²) in [4.78, 5) is 17.3. The summed E-state index contributed by atoms with van der Waals surface area (Å²) in [5.74, 6) is 0.467. The van der Waals surface area contributed by atoms with E-state index in [1.54, 1.807) is 14.1 Å². The van der Waals surface area contributed by atoms with E-state index >= 15 is 0 Å². The molecule has 0 radical (unpaired) electrons. The number of alkyl halides is 1. The Morgan fingerprint density at radius 3 is 2.43 bits per heavy atom. The molecule has 1 rings (SSSR count). The van der Waals surface area contributed by atoms with Gasteiger partial charge in [0.2, 0.25) is 5.91 Å². The van der Waals surface area contributed by atoms with Crippen LogP contribution in [-0.2, 0) is 11.2 Å². The van der Waals surface area contributed by atoms with Crippen LogP contribution in [0.25, 0.3) is 0 Å². The molecule has 0 unspecified atom stereocenters. The molecule has 0 aromatic heterocycles. The van der Waals surface area contributed by atoms with Gasteiger partial charge in [0.25, 0.3) is 0 Å². The molecule has 0 aliphatic heterocycles. The Morgan fingerprint density at radius 2 is 1.83 bits per heavy atom. The van der Waals surface area contributed by atoms with Crippen molar-refractivity contribution in [2.24, 2.45) is 4.99 Å². The molecule has 0 fully saturated rings. The second kappa shape index (κ2) is 13.1. The molecule has 23 heavy (non-hydrogen) atoms. The highest BCUT2D eigenvalue weighted by atomic mass is 127. The monoisotopic (exact) mass is 436 g/mol. The van der Waals surface area contributed by atoms with Crippen molar-refractivity contribution in [3.05, 3.63) is 35.9 Å². The maximum Gasteiger partial charge on any atom is 0.243 e. The van der Waals surface area contributed by atoms with Crippen LogP contribution in [0.4, 0.5) is 4.39 Å². The van der Waals surface area contributed by atoms with Crippen molar-refractivity contribution in [2.45, 2.75) is 12.8 Å². The minimum atomic E-state index is -0.374. The van der Waals surface area contributed by atoms with Gasteiger partial charge in [-0.15, -0.1) is 24.0 Å². The van der Waals surface area contributed by atoms with Crippen LogP contribution in [0.5, 0.6) is 0 Å². The maximum absolute atomic E-state index is 12.2. The van der Waals surface area contributed by atoms with Crippen molar-refractivity contribution in [1.82, 2.24) is 15.5 Å². The topological polar surface area (TPSA) is 56.7 Å². The quantitative estimate of drug-likeness (QED) is 0.283. The number of rotatable bonds is 8. The first-order valence-corrected chi connectivity index (χ1v) is 7.45. The third-order valence-electron chi connectivity index (χ3n) is 3.02. The standard InChI is InChI=1S/C16H25FN4O.HI/c1-21(2)15(22)13-20-16(18-11-6-10-17)19-12-9-14-7-4-3-5-8-14;/h3-5,7-8H,6,9-13H2,1-2H3,(H2,18,19,20);1H. The smallest absolute Gasteiger partial charge is 0.243 e. The van der Waals surface area contributed by atoms with Crippen molar-refractivity contribution < 1.29 is 9.18 Å². The molecule has 1 aromatic rings. The number of carbonyl (C=O) groups is 1. The lowest BCUT2D eigenvalue weighted by molar-refractivity contribution is -0.127. The molecule has 0 heterocycles. The van der Waals surface area contributed by atoms with Crippen molar-refractivity contribution in [3.8, 4) is 0 Å². The van der Waals surface area contributed by atoms with Crippen LogP contribution in [0.3, 0.4) is 0 Å². The van der Waals surface area contributed by atoms with Crippen LogP contribution in [0, 0.1) is 0 Å². The van der Waals surface area contributed by atoms with E-state index in [9.17, 15) is 9.18 Å². The molecule has 0 aliphatic carbocycles. The second-order valence-electron chi connectivity index (χ2n) is 5.08. The first kappa shape index (κ1) is 21.6. The molecule has 0 aliphatic rings. The lowest BCUT2D eigenvalue weighted by Crippen LogP contribution is -2.40. The normalized spacial score (nSPS) is 10.7. The van der Waals surface area contributed by atoms with Crippen LogP contribution < -0.4 is 10.6 Å². The SMILES string of the molecule is CN(C)C(=O)CN=C(NCCCF)NCCc1ccccc1.I. The highest BCUT2D eigenvalue weighted by Gasteiger charge is 2.04. The number of nitrogens with one attached hydrogen (secondary N) is 2. The van der Waals surface area contributed by atoms with Crippen LogP contribution in [0.15, 0.2) is 35.3 Å². The summed E-state index contributed by atoms with van der Waals surface area (Å²) in [7, 11) is 3.38. The number of amides is 1. The van der Waals surface area contributed by atoms with Gasteiger partial charge in [-0.1, -0.05) is 30.3 Å². The van der Waals surface area contributed by atoms with Gasteiger partial charge in [-0.25, -0.2) is 4.99 Å². The Balaban J connectivity index is 0.00000484. The largest absolute Gasteiger partial charge is 0.356 e. The summed E-state index contributed by atoms with van der Waals surface area (Å²) < 4.78 is 12.2. The minimum Gasteiger partial charge on any atom is -0.356 e. The van der Waals surface area contributed by atoms with E-state index in [0.29, 0.717) is 25.5 Å². The summed E-state index contributed by atoms with van der Waals surface area (Å²) in [5, 5.41) is 6.20. The molecule has 5 nitrogen and oxygen atoms in total. The molecule has 1 amide bonds. The molecule has 1 aromatic carbocycles. The van der Waals surface area contributed by atoms with E-state index in [2.05, 4.69) is 27.8 Å². The Hall–Kier alpha value is -1.38. The van der Waals surface area contributed by atoms with Gasteiger partial charge in [-0.05, 0) is 18.4 Å². The first-order valence-electron chi connectivity index (χ1n) is 7.45. The average molecular weight is 436 g/mol. The Labute approximate surface area is 154 Å². The summed E-state index contributed by atoms with van der Waals surface area (Å²) in [6.07, 6.45) is 1.27. The van der Waals surface area contributed by atoms with Gasteiger partial charge in [-0.3, -0.25) is 9.18 Å². The number of halogens is 2. The molecule has 0 saturated heterocycles. The lowest BCUT2D eigenvalue weighted by Gasteiger charge is -2.13. The Morgan fingerprint density at radius 1 is 1.17 bits per heavy atom. The van der Waals surface area contributed by atoms with Crippen molar-refractivity contribution in [1.29, 1.82) is 0 Å². The number of guanidine groups is 1. The van der Waals surface area contributed by atoms with Crippen LogP contribution in [0.2, 0.25) is 0 Å². The fourth-order valence-corrected chi connectivity index (χ4v) is 1.71. The van der Waals surface area contributed by atoms with Crippen LogP contribution in [0.1, 0.15) is 12.0 Å². The summed E-state index contributed by atoms with van der Waals surface area (Å²) in [6, 6.07) is 10.1. The summed E-state index contributed by atoms with van der Waals surface area (Å²) in [6.45, 7) is 0.885. The molecule has 130 valence electrons. The highest BCUT2D eigenvalue weighted by molar-refractivity contribution is 14.0. The van der Waals surface area contributed by atoms with E-state index in [-0.39, 0.29) is 43.1 Å². The summed E-state index contributed by atoms with van der Waals surface area (Å²) >= 11 is 0. The molecule has 0 spiro atoms. The fraction of sp³-hybridized carbons (Fsp3) is 0.500. The van der Waals surface area contributed by atoms with E-state index in [0.717, 1.165) is 6.42 Å². The third kappa shape index (κ3) is 10.1. The van der Waals surface area contributed by atoms with Crippen LogP contribution >= 0.6 is 24.0 Å². The van der Waals surface area contributed by atoms with E-state index in [1.807, 2.05) is 18.2 Å². The lowest BCUT2D eigenvalue weighted by atomic mass is 10.1. The number of benzene rings is 1. The van der Waals surface area contributed by atoms with Gasteiger partial charge in [0.05, 0.1) is 6.67 Å². The van der Waals surface area contributed by atoms with E-state index in [4.69, 9.17) is 0 Å². The predicted octanol–water partition coefficient (Wildman–Crippen LogP) is 1.83. The summed E-state index contributed by atoms with van der Waals surface area (Å²) in [5.41, 5.74) is 1.22. The zero-order valence-corrected chi connectivity index (χ0v) is 16.0. The molecule has 2 N–H and O–H groups in total. The zero-order valence-electron chi connectivity index (χ0n) is 13.7. The van der Waals surface area contributed by atoms with Gasteiger partial charge < -0.3 is 15.5 Å². The number of likely N-dealkylation sites (N-methyl/N-ethyl adjacent to an activating group) is 1. The number of carbonyl (C=O) groups excluding carboxylic acids is 1. The molecule has 0 saturated carbocycles. The zero-order chi connectivity index (χ0) is 16.2. The number of aliphatic imine (C=N–C) groups is 1. The first-order chi connectivity index (χ1) is 10.6. The third-order valence-corrected chi connectivity index (χ3v) is 3.02. The van der Waals surface area contributed by atoms with Gasteiger partial charge in [-0.2, -0.15) is 0 Å². The van der Waals surface area contributed by atoms with E-state index < -0.39 is 0 Å². The maximum atomic E-state index is 12.2. The van der Waals surface area contributed by atoms with Gasteiger partial charge in [0, 0.05) is 27.2 Å². The predicted molar refractivity (Wildman–Crippen MR) is 103 cm³/mol. The van der Waals surface area contributed by atoms with Crippen molar-refractivity contribution in [3.63, 3.8) is 0 Å². The Bertz CT molecular complexity index is 468. The molecule has 7 heteroatoms. The van der Waals surface area contributed by atoms with Crippen molar-refractivity contribution >= 4 is 35.8 Å². The van der Waals surface area contributed by atoms with Gasteiger partial charge >= 0.3 is 0 Å². The molecular formula is C16H26FIN4O.